The van der Waals surface area contributed by atoms with Gasteiger partial charge < -0.3 is 10.4 Å². The van der Waals surface area contributed by atoms with Gasteiger partial charge in [0.1, 0.15) is 0 Å². The average Bonchev–Trinajstić information content (AvgIpc) is 2.27. The van der Waals surface area contributed by atoms with Gasteiger partial charge in [-0.1, -0.05) is 37.6 Å². The first-order chi connectivity index (χ1) is 7.27. The number of hydrogen-bond donors (Lipinski definition) is 2. The Morgan fingerprint density at radius 3 is 2.47 bits per heavy atom. The van der Waals surface area contributed by atoms with Crippen molar-refractivity contribution in [3.63, 3.8) is 0 Å². The van der Waals surface area contributed by atoms with E-state index in [2.05, 4.69) is 43.4 Å². The molecule has 0 heterocycles. The van der Waals surface area contributed by atoms with Crippen LogP contribution in [0.15, 0.2) is 24.3 Å². The number of aliphatic hydroxyl groups excluding tert-OH is 1. The summed E-state index contributed by atoms with van der Waals surface area (Å²) in [6.45, 7) is 5.15. The molecule has 0 fully saturated rings. The smallest absolute Gasteiger partial charge is 0.0556 e. The molecule has 1 aromatic carbocycles. The highest BCUT2D eigenvalue weighted by atomic mass is 16.3. The van der Waals surface area contributed by atoms with Gasteiger partial charge >= 0.3 is 0 Å². The summed E-state index contributed by atoms with van der Waals surface area (Å²) in [4.78, 5) is 0. The van der Waals surface area contributed by atoms with E-state index in [1.54, 1.807) is 0 Å². The number of hydrogen-bond acceptors (Lipinski definition) is 2. The summed E-state index contributed by atoms with van der Waals surface area (Å²) in [6.07, 6.45) is 2.34. The van der Waals surface area contributed by atoms with E-state index in [0.717, 1.165) is 6.42 Å². The molecule has 2 heteroatoms. The van der Waals surface area contributed by atoms with Crippen molar-refractivity contribution in [3.8, 4) is 0 Å². The van der Waals surface area contributed by atoms with Gasteiger partial charge in [0.15, 0.2) is 0 Å². The molecule has 0 saturated heterocycles. The second kappa shape index (κ2) is 6.59. The van der Waals surface area contributed by atoms with Crippen molar-refractivity contribution < 1.29 is 5.11 Å². The summed E-state index contributed by atoms with van der Waals surface area (Å²) in [7, 11) is 0. The highest BCUT2D eigenvalue weighted by Crippen LogP contribution is 2.13. The molecule has 0 aliphatic carbocycles. The average molecular weight is 207 g/mol. The first-order valence-electron chi connectivity index (χ1n) is 5.71. The zero-order valence-corrected chi connectivity index (χ0v) is 9.66. The fraction of sp³-hybridized carbons (Fsp3) is 0.538. The Balaban J connectivity index is 2.54. The van der Waals surface area contributed by atoms with Crippen LogP contribution in [-0.2, 0) is 6.42 Å². The van der Waals surface area contributed by atoms with Crippen LogP contribution in [0.25, 0.3) is 0 Å². The van der Waals surface area contributed by atoms with Crippen LogP contribution in [0.3, 0.4) is 0 Å². The van der Waals surface area contributed by atoms with E-state index < -0.39 is 0 Å². The van der Waals surface area contributed by atoms with Gasteiger partial charge in [0.05, 0.1) is 6.61 Å². The molecular weight excluding hydrogens is 186 g/mol. The summed E-state index contributed by atoms with van der Waals surface area (Å²) in [5.74, 6) is 0. The Labute approximate surface area is 92.3 Å². The molecule has 1 atom stereocenters. The van der Waals surface area contributed by atoms with Gasteiger partial charge in [-0.05, 0) is 24.5 Å². The Bertz CT molecular complexity index is 268. The third-order valence-electron chi connectivity index (χ3n) is 2.58. The van der Waals surface area contributed by atoms with Gasteiger partial charge in [-0.3, -0.25) is 0 Å². The Hall–Kier alpha value is -0.860. The van der Waals surface area contributed by atoms with Crippen LogP contribution in [-0.4, -0.2) is 18.3 Å². The first kappa shape index (κ1) is 12.2. The van der Waals surface area contributed by atoms with Crippen molar-refractivity contribution in [2.75, 3.05) is 13.2 Å². The molecule has 0 radical (unpaired) electrons. The topological polar surface area (TPSA) is 32.3 Å². The zero-order valence-electron chi connectivity index (χ0n) is 9.66. The van der Waals surface area contributed by atoms with Crippen LogP contribution < -0.4 is 5.32 Å². The van der Waals surface area contributed by atoms with Gasteiger partial charge in [0.2, 0.25) is 0 Å². The number of aryl methyl sites for hydroxylation is 1. The molecule has 0 aromatic heterocycles. The molecule has 0 saturated carbocycles. The van der Waals surface area contributed by atoms with Crippen molar-refractivity contribution in [1.82, 2.24) is 5.32 Å². The third kappa shape index (κ3) is 4.02. The highest BCUT2D eigenvalue weighted by molar-refractivity contribution is 5.24. The molecule has 0 amide bonds. The molecule has 15 heavy (non-hydrogen) atoms. The molecule has 1 rings (SSSR count). The highest BCUT2D eigenvalue weighted by Gasteiger charge is 2.03. The zero-order chi connectivity index (χ0) is 11.1. The number of rotatable bonds is 6. The van der Waals surface area contributed by atoms with Gasteiger partial charge in [-0.2, -0.15) is 0 Å². The quantitative estimate of drug-likeness (QED) is 0.750. The monoisotopic (exact) mass is 207 g/mol. The minimum absolute atomic E-state index is 0.193. The predicted octanol–water partition coefficient (Wildman–Crippen LogP) is 2.28. The molecule has 0 aliphatic heterocycles. The molecular formula is C13H21NO. The number of aliphatic hydroxyl groups is 1. The van der Waals surface area contributed by atoms with Crippen molar-refractivity contribution in [1.29, 1.82) is 0 Å². The molecule has 0 spiro atoms. The standard InChI is InChI=1S/C13H21NO/c1-3-4-12-5-7-13(8-6-12)11(2)14-9-10-15/h5-8,11,14-15H,3-4,9-10H2,1-2H3/t11-/m1/s1. The molecule has 84 valence electrons. The molecule has 1 aromatic rings. The lowest BCUT2D eigenvalue weighted by atomic mass is 10.0. The van der Waals surface area contributed by atoms with E-state index >= 15 is 0 Å². The van der Waals surface area contributed by atoms with E-state index in [1.165, 1.54) is 17.5 Å². The van der Waals surface area contributed by atoms with Crippen LogP contribution in [0.2, 0.25) is 0 Å². The van der Waals surface area contributed by atoms with Gasteiger partial charge in [0, 0.05) is 12.6 Å². The Kier molecular flexibility index (Phi) is 5.37. The van der Waals surface area contributed by atoms with Gasteiger partial charge in [-0.25, -0.2) is 0 Å². The normalized spacial score (nSPS) is 12.7. The van der Waals surface area contributed by atoms with Crippen LogP contribution in [0.5, 0.6) is 0 Å². The van der Waals surface area contributed by atoms with Crippen LogP contribution in [0.4, 0.5) is 0 Å². The Morgan fingerprint density at radius 2 is 1.93 bits per heavy atom. The second-order valence-electron chi connectivity index (χ2n) is 3.89. The molecule has 0 aliphatic rings. The lowest BCUT2D eigenvalue weighted by Gasteiger charge is -2.13. The van der Waals surface area contributed by atoms with Crippen LogP contribution in [0.1, 0.15) is 37.4 Å². The molecule has 0 unspecified atom stereocenters. The largest absolute Gasteiger partial charge is 0.395 e. The third-order valence-corrected chi connectivity index (χ3v) is 2.58. The Morgan fingerprint density at radius 1 is 1.27 bits per heavy atom. The maximum atomic E-state index is 8.71. The first-order valence-corrected chi connectivity index (χ1v) is 5.71. The lowest BCUT2D eigenvalue weighted by molar-refractivity contribution is 0.286. The van der Waals surface area contributed by atoms with E-state index in [9.17, 15) is 0 Å². The fourth-order valence-corrected chi connectivity index (χ4v) is 1.66. The fourth-order valence-electron chi connectivity index (χ4n) is 1.66. The number of nitrogens with one attached hydrogen (secondary N) is 1. The van der Waals surface area contributed by atoms with Gasteiger partial charge in [0.25, 0.3) is 0 Å². The molecule has 2 nitrogen and oxygen atoms in total. The summed E-state index contributed by atoms with van der Waals surface area (Å²) in [5, 5.41) is 12.0. The van der Waals surface area contributed by atoms with Crippen LogP contribution >= 0.6 is 0 Å². The summed E-state index contributed by atoms with van der Waals surface area (Å²) in [5.41, 5.74) is 2.68. The van der Waals surface area contributed by atoms with Crippen molar-refractivity contribution in [2.24, 2.45) is 0 Å². The number of benzene rings is 1. The lowest BCUT2D eigenvalue weighted by Crippen LogP contribution is -2.21. The summed E-state index contributed by atoms with van der Waals surface area (Å²) in [6, 6.07) is 9.03. The minimum Gasteiger partial charge on any atom is -0.395 e. The molecule has 0 bridgehead atoms. The second-order valence-corrected chi connectivity index (χ2v) is 3.89. The van der Waals surface area contributed by atoms with E-state index in [4.69, 9.17) is 5.11 Å². The van der Waals surface area contributed by atoms with E-state index in [1.807, 2.05) is 0 Å². The van der Waals surface area contributed by atoms with E-state index in [-0.39, 0.29) is 6.61 Å². The van der Waals surface area contributed by atoms with Gasteiger partial charge in [-0.15, -0.1) is 0 Å². The molecule has 2 N–H and O–H groups in total. The maximum Gasteiger partial charge on any atom is 0.0556 e. The predicted molar refractivity (Wildman–Crippen MR) is 63.9 cm³/mol. The van der Waals surface area contributed by atoms with E-state index in [0.29, 0.717) is 12.6 Å². The maximum absolute atomic E-state index is 8.71. The van der Waals surface area contributed by atoms with Crippen molar-refractivity contribution in [3.05, 3.63) is 35.4 Å². The van der Waals surface area contributed by atoms with Crippen molar-refractivity contribution in [2.45, 2.75) is 32.7 Å². The summed E-state index contributed by atoms with van der Waals surface area (Å²) < 4.78 is 0. The SMILES string of the molecule is CCCc1ccc([C@@H](C)NCCO)cc1. The summed E-state index contributed by atoms with van der Waals surface area (Å²) >= 11 is 0. The minimum atomic E-state index is 0.193. The van der Waals surface area contributed by atoms with Crippen molar-refractivity contribution >= 4 is 0 Å². The van der Waals surface area contributed by atoms with Crippen LogP contribution in [0, 0.1) is 0 Å².